The van der Waals surface area contributed by atoms with Crippen LogP contribution in [-0.2, 0) is 4.74 Å². The molecule has 0 bridgehead atoms. The van der Waals surface area contributed by atoms with Crippen LogP contribution in [-0.4, -0.2) is 19.2 Å². The molecule has 1 heterocycles. The summed E-state index contributed by atoms with van der Waals surface area (Å²) in [7, 11) is 3.30. The lowest BCUT2D eigenvalue weighted by Crippen LogP contribution is -2.27. The second kappa shape index (κ2) is 9.26. The molecule has 0 unspecified atom stereocenters. The SMILES string of the molecule is CCCCCCCC[C@H]1CC[C@@H](OC)c2[nH]c(C)c(OC)c(=O)c21. The zero-order chi connectivity index (χ0) is 17.5. The summed E-state index contributed by atoms with van der Waals surface area (Å²) in [5.41, 5.74) is 2.73. The van der Waals surface area contributed by atoms with Crippen LogP contribution in [0.3, 0.4) is 0 Å². The number of methoxy groups -OCH3 is 2. The van der Waals surface area contributed by atoms with Gasteiger partial charge in [-0.3, -0.25) is 4.79 Å². The van der Waals surface area contributed by atoms with Crippen LogP contribution in [0.25, 0.3) is 0 Å². The third-order valence-corrected chi connectivity index (χ3v) is 5.31. The number of H-pyrrole nitrogens is 1. The van der Waals surface area contributed by atoms with E-state index in [1.807, 2.05) is 6.92 Å². The number of rotatable bonds is 9. The van der Waals surface area contributed by atoms with E-state index < -0.39 is 0 Å². The predicted molar refractivity (Wildman–Crippen MR) is 98.1 cm³/mol. The van der Waals surface area contributed by atoms with Crippen molar-refractivity contribution < 1.29 is 9.47 Å². The smallest absolute Gasteiger partial charge is 0.227 e. The molecule has 1 aliphatic carbocycles. The van der Waals surface area contributed by atoms with Crippen molar-refractivity contribution in [2.24, 2.45) is 0 Å². The van der Waals surface area contributed by atoms with Crippen molar-refractivity contribution in [3.8, 4) is 5.75 Å². The molecule has 0 saturated carbocycles. The predicted octanol–water partition coefficient (Wildman–Crippen LogP) is 5.01. The number of pyridine rings is 1. The van der Waals surface area contributed by atoms with Crippen LogP contribution >= 0.6 is 0 Å². The standard InChI is InChI=1S/C20H33NO3/c1-5-6-7-8-9-10-11-15-12-13-16(23-3)18-17(15)19(22)20(24-4)14(2)21-18/h15-16H,5-13H2,1-4H3,(H,21,22)/t15-,16+/m0/s1. The number of ether oxygens (including phenoxy) is 2. The maximum atomic E-state index is 12.9. The van der Waals surface area contributed by atoms with E-state index in [9.17, 15) is 4.79 Å². The van der Waals surface area contributed by atoms with E-state index in [-0.39, 0.29) is 11.5 Å². The highest BCUT2D eigenvalue weighted by Crippen LogP contribution is 2.40. The topological polar surface area (TPSA) is 51.3 Å². The number of fused-ring (bicyclic) bond motifs is 1. The van der Waals surface area contributed by atoms with Gasteiger partial charge in [-0.05, 0) is 32.1 Å². The van der Waals surface area contributed by atoms with Crippen LogP contribution in [0.4, 0.5) is 0 Å². The number of aromatic amines is 1. The number of hydrogen-bond donors (Lipinski definition) is 1. The molecule has 1 N–H and O–H groups in total. The van der Waals surface area contributed by atoms with E-state index in [0.717, 1.165) is 36.2 Å². The number of hydrogen-bond acceptors (Lipinski definition) is 3. The minimum Gasteiger partial charge on any atom is -0.491 e. The highest BCUT2D eigenvalue weighted by Gasteiger charge is 2.31. The number of aryl methyl sites for hydroxylation is 1. The van der Waals surface area contributed by atoms with Crippen molar-refractivity contribution in [1.29, 1.82) is 0 Å². The quantitative estimate of drug-likeness (QED) is 0.646. The Bertz CT molecular complexity index is 579. The fourth-order valence-electron chi connectivity index (χ4n) is 3.98. The van der Waals surface area contributed by atoms with Crippen LogP contribution in [0.5, 0.6) is 5.75 Å². The van der Waals surface area contributed by atoms with Crippen LogP contribution < -0.4 is 10.2 Å². The lowest BCUT2D eigenvalue weighted by atomic mass is 9.80. The van der Waals surface area contributed by atoms with Crippen molar-refractivity contribution >= 4 is 0 Å². The first-order valence-corrected chi connectivity index (χ1v) is 9.47. The molecule has 0 amide bonds. The summed E-state index contributed by atoms with van der Waals surface area (Å²) in [4.78, 5) is 16.3. The van der Waals surface area contributed by atoms with Gasteiger partial charge in [0.15, 0.2) is 5.75 Å². The Hall–Kier alpha value is -1.29. The van der Waals surface area contributed by atoms with Gasteiger partial charge < -0.3 is 14.5 Å². The van der Waals surface area contributed by atoms with Crippen molar-refractivity contribution in [3.63, 3.8) is 0 Å². The zero-order valence-electron chi connectivity index (χ0n) is 15.7. The molecule has 1 aliphatic rings. The third kappa shape index (κ3) is 4.21. The molecule has 0 saturated heterocycles. The monoisotopic (exact) mass is 335 g/mol. The number of nitrogens with one attached hydrogen (secondary N) is 1. The molecule has 0 fully saturated rings. The van der Waals surface area contributed by atoms with E-state index in [1.165, 1.54) is 38.5 Å². The van der Waals surface area contributed by atoms with Gasteiger partial charge in [0.05, 0.1) is 24.6 Å². The van der Waals surface area contributed by atoms with E-state index >= 15 is 0 Å². The molecule has 0 aliphatic heterocycles. The van der Waals surface area contributed by atoms with E-state index in [1.54, 1.807) is 14.2 Å². The molecule has 0 spiro atoms. The Morgan fingerprint density at radius 2 is 1.79 bits per heavy atom. The van der Waals surface area contributed by atoms with Crippen LogP contribution in [0.2, 0.25) is 0 Å². The fourth-order valence-corrected chi connectivity index (χ4v) is 3.98. The molecule has 1 aromatic heterocycles. The molecular formula is C20H33NO3. The van der Waals surface area contributed by atoms with Crippen LogP contribution in [0.1, 0.15) is 93.7 Å². The normalized spacial score (nSPS) is 20.0. The Balaban J connectivity index is 2.14. The molecule has 24 heavy (non-hydrogen) atoms. The van der Waals surface area contributed by atoms with Gasteiger partial charge in [0.1, 0.15) is 0 Å². The molecular weight excluding hydrogens is 302 g/mol. The average molecular weight is 335 g/mol. The van der Waals surface area contributed by atoms with Crippen molar-refractivity contribution in [1.82, 2.24) is 4.98 Å². The maximum Gasteiger partial charge on any atom is 0.227 e. The fraction of sp³-hybridized carbons (Fsp3) is 0.750. The van der Waals surface area contributed by atoms with Gasteiger partial charge in [0, 0.05) is 12.7 Å². The Labute approximate surface area is 146 Å². The molecule has 1 aromatic rings. The summed E-state index contributed by atoms with van der Waals surface area (Å²) in [6, 6.07) is 0. The molecule has 4 nitrogen and oxygen atoms in total. The van der Waals surface area contributed by atoms with Gasteiger partial charge in [0.25, 0.3) is 0 Å². The van der Waals surface area contributed by atoms with Crippen molar-refractivity contribution in [3.05, 3.63) is 27.2 Å². The first-order valence-electron chi connectivity index (χ1n) is 9.47. The highest BCUT2D eigenvalue weighted by atomic mass is 16.5. The summed E-state index contributed by atoms with van der Waals surface area (Å²) >= 11 is 0. The van der Waals surface area contributed by atoms with E-state index in [0.29, 0.717) is 11.7 Å². The Morgan fingerprint density at radius 3 is 2.46 bits per heavy atom. The molecule has 2 rings (SSSR count). The summed E-state index contributed by atoms with van der Waals surface area (Å²) in [6.07, 6.45) is 10.8. The summed E-state index contributed by atoms with van der Waals surface area (Å²) in [5, 5.41) is 0. The van der Waals surface area contributed by atoms with Gasteiger partial charge in [0.2, 0.25) is 5.43 Å². The molecule has 136 valence electrons. The molecule has 4 heteroatoms. The highest BCUT2D eigenvalue weighted by molar-refractivity contribution is 5.39. The van der Waals surface area contributed by atoms with Crippen LogP contribution in [0, 0.1) is 6.92 Å². The minimum atomic E-state index is -0.00175. The van der Waals surface area contributed by atoms with Gasteiger partial charge in [-0.1, -0.05) is 45.4 Å². The maximum absolute atomic E-state index is 12.9. The second-order valence-electron chi connectivity index (χ2n) is 6.99. The second-order valence-corrected chi connectivity index (χ2v) is 6.99. The van der Waals surface area contributed by atoms with Crippen LogP contribution in [0.15, 0.2) is 4.79 Å². The average Bonchev–Trinajstić information content (AvgIpc) is 2.58. The van der Waals surface area contributed by atoms with Crippen molar-refractivity contribution in [2.75, 3.05) is 14.2 Å². The largest absolute Gasteiger partial charge is 0.491 e. The summed E-state index contributed by atoms with van der Waals surface area (Å²) in [5.74, 6) is 0.786. The van der Waals surface area contributed by atoms with Crippen molar-refractivity contribution in [2.45, 2.75) is 83.7 Å². The van der Waals surface area contributed by atoms with Gasteiger partial charge in [-0.25, -0.2) is 0 Å². The molecule has 0 aromatic carbocycles. The Kier molecular flexibility index (Phi) is 7.35. The van der Waals surface area contributed by atoms with Gasteiger partial charge in [-0.2, -0.15) is 0 Å². The van der Waals surface area contributed by atoms with E-state index in [4.69, 9.17) is 9.47 Å². The third-order valence-electron chi connectivity index (χ3n) is 5.31. The first kappa shape index (κ1) is 19.0. The summed E-state index contributed by atoms with van der Waals surface area (Å²) in [6.45, 7) is 4.14. The minimum absolute atomic E-state index is 0.00175. The lowest BCUT2D eigenvalue weighted by molar-refractivity contribution is 0.0791. The number of aromatic nitrogens is 1. The lowest BCUT2D eigenvalue weighted by Gasteiger charge is -2.31. The zero-order valence-corrected chi connectivity index (χ0v) is 15.7. The Morgan fingerprint density at radius 1 is 1.08 bits per heavy atom. The van der Waals surface area contributed by atoms with Gasteiger partial charge >= 0.3 is 0 Å². The molecule has 0 radical (unpaired) electrons. The number of unbranched alkanes of at least 4 members (excludes halogenated alkanes) is 5. The first-order chi connectivity index (χ1) is 11.6. The molecule has 2 atom stereocenters. The summed E-state index contributed by atoms with van der Waals surface area (Å²) < 4.78 is 11.0. The van der Waals surface area contributed by atoms with Gasteiger partial charge in [-0.15, -0.1) is 0 Å². The van der Waals surface area contributed by atoms with E-state index in [2.05, 4.69) is 11.9 Å².